The van der Waals surface area contributed by atoms with E-state index in [0.717, 1.165) is 12.1 Å². The number of likely N-dealkylation sites (tertiary alicyclic amines) is 1. The molecule has 1 N–H and O–H groups in total. The summed E-state index contributed by atoms with van der Waals surface area (Å²) in [6.07, 6.45) is -3.49. The third-order valence-corrected chi connectivity index (χ3v) is 4.39. The number of halogens is 3. The number of benzene rings is 1. The first-order valence-electron chi connectivity index (χ1n) is 7.40. The minimum absolute atomic E-state index is 0.178. The van der Waals surface area contributed by atoms with Gasteiger partial charge in [-0.1, -0.05) is 0 Å². The Morgan fingerprint density at radius 2 is 1.96 bits per heavy atom. The van der Waals surface area contributed by atoms with Gasteiger partial charge in [-0.05, 0) is 37.1 Å². The Kier molecular flexibility index (Phi) is 3.77. The van der Waals surface area contributed by atoms with Crippen LogP contribution in [0.4, 0.5) is 13.2 Å². The second-order valence-corrected chi connectivity index (χ2v) is 5.85. The number of aliphatic carboxylic acids is 1. The quantitative estimate of drug-likeness (QED) is 0.914. The molecule has 1 aromatic heterocycles. The first-order valence-corrected chi connectivity index (χ1v) is 7.40. The van der Waals surface area contributed by atoms with E-state index in [4.69, 9.17) is 0 Å². The SMILES string of the molecule is Cn1c(C(=O)N2CCCC2C(=O)O)cc2cc(C(F)(F)F)ccc21. The number of carboxylic acids is 1. The zero-order valence-electron chi connectivity index (χ0n) is 12.8. The van der Waals surface area contributed by atoms with Gasteiger partial charge in [-0.3, -0.25) is 4.79 Å². The van der Waals surface area contributed by atoms with Crippen LogP contribution in [0.25, 0.3) is 10.9 Å². The lowest BCUT2D eigenvalue weighted by Crippen LogP contribution is -2.41. The molecule has 1 aromatic carbocycles. The van der Waals surface area contributed by atoms with Gasteiger partial charge in [-0.2, -0.15) is 13.2 Å². The van der Waals surface area contributed by atoms with Crippen molar-refractivity contribution in [2.24, 2.45) is 7.05 Å². The highest BCUT2D eigenvalue weighted by atomic mass is 19.4. The molecular formula is C16H15F3N2O3. The van der Waals surface area contributed by atoms with E-state index in [9.17, 15) is 27.9 Å². The highest BCUT2D eigenvalue weighted by Gasteiger charge is 2.36. The van der Waals surface area contributed by atoms with Gasteiger partial charge in [-0.25, -0.2) is 4.79 Å². The van der Waals surface area contributed by atoms with Gasteiger partial charge >= 0.3 is 12.1 Å². The van der Waals surface area contributed by atoms with E-state index in [0.29, 0.717) is 30.3 Å². The van der Waals surface area contributed by atoms with Crippen LogP contribution in [0.1, 0.15) is 28.9 Å². The van der Waals surface area contributed by atoms with Gasteiger partial charge < -0.3 is 14.6 Å². The van der Waals surface area contributed by atoms with Gasteiger partial charge in [0.05, 0.1) is 5.56 Å². The molecule has 1 aliphatic heterocycles. The smallest absolute Gasteiger partial charge is 0.416 e. The molecule has 3 rings (SSSR count). The topological polar surface area (TPSA) is 62.5 Å². The van der Waals surface area contributed by atoms with Crippen LogP contribution in [0, 0.1) is 0 Å². The monoisotopic (exact) mass is 340 g/mol. The summed E-state index contributed by atoms with van der Waals surface area (Å²) < 4.78 is 40.0. The summed E-state index contributed by atoms with van der Waals surface area (Å²) in [7, 11) is 1.58. The van der Waals surface area contributed by atoms with Gasteiger partial charge in [0.1, 0.15) is 11.7 Å². The van der Waals surface area contributed by atoms with Crippen molar-refractivity contribution in [1.82, 2.24) is 9.47 Å². The molecule has 0 bridgehead atoms. The lowest BCUT2D eigenvalue weighted by molar-refractivity contribution is -0.141. The summed E-state index contributed by atoms with van der Waals surface area (Å²) >= 11 is 0. The molecule has 1 amide bonds. The number of hydrogen-bond donors (Lipinski definition) is 1. The summed E-state index contributed by atoms with van der Waals surface area (Å²) in [5.41, 5.74) is -0.126. The molecule has 0 saturated carbocycles. The first kappa shape index (κ1) is 16.4. The van der Waals surface area contributed by atoms with Crippen molar-refractivity contribution in [3.63, 3.8) is 0 Å². The predicted octanol–water partition coefficient (Wildman–Crippen LogP) is 2.89. The average Bonchev–Trinajstić information content (AvgIpc) is 3.10. The molecule has 0 spiro atoms. The van der Waals surface area contributed by atoms with Gasteiger partial charge in [0.15, 0.2) is 0 Å². The molecule has 1 unspecified atom stereocenters. The molecule has 2 aromatic rings. The number of carbonyl (C=O) groups is 2. The number of carbonyl (C=O) groups excluding carboxylic acids is 1. The van der Waals surface area contributed by atoms with Gasteiger partial charge in [0.2, 0.25) is 0 Å². The number of aryl methyl sites for hydroxylation is 1. The number of alkyl halides is 3. The summed E-state index contributed by atoms with van der Waals surface area (Å²) in [4.78, 5) is 25.2. The van der Waals surface area contributed by atoms with Crippen molar-refractivity contribution in [1.29, 1.82) is 0 Å². The minimum Gasteiger partial charge on any atom is -0.480 e. The van der Waals surface area contributed by atoms with Crippen LogP contribution in [0.2, 0.25) is 0 Å². The molecule has 0 radical (unpaired) electrons. The van der Waals surface area contributed by atoms with Crippen molar-refractivity contribution in [3.8, 4) is 0 Å². The average molecular weight is 340 g/mol. The number of fused-ring (bicyclic) bond motifs is 1. The second kappa shape index (κ2) is 5.54. The number of aromatic nitrogens is 1. The van der Waals surface area contributed by atoms with E-state index < -0.39 is 29.7 Å². The number of amides is 1. The first-order chi connectivity index (χ1) is 11.2. The number of nitrogens with zero attached hydrogens (tertiary/aromatic N) is 2. The molecule has 5 nitrogen and oxygen atoms in total. The van der Waals surface area contributed by atoms with Crippen LogP contribution in [-0.4, -0.2) is 39.0 Å². The third-order valence-electron chi connectivity index (χ3n) is 4.39. The number of hydrogen-bond acceptors (Lipinski definition) is 2. The van der Waals surface area contributed by atoms with E-state index in [-0.39, 0.29) is 5.69 Å². The molecule has 2 heterocycles. The van der Waals surface area contributed by atoms with Crippen molar-refractivity contribution >= 4 is 22.8 Å². The van der Waals surface area contributed by atoms with E-state index >= 15 is 0 Å². The van der Waals surface area contributed by atoms with Crippen LogP contribution >= 0.6 is 0 Å². The highest BCUT2D eigenvalue weighted by Crippen LogP contribution is 2.32. The Morgan fingerprint density at radius 1 is 1.25 bits per heavy atom. The van der Waals surface area contributed by atoms with Crippen molar-refractivity contribution in [2.75, 3.05) is 6.54 Å². The molecule has 24 heavy (non-hydrogen) atoms. The van der Waals surface area contributed by atoms with Gasteiger partial charge in [-0.15, -0.1) is 0 Å². The summed E-state index contributed by atoms with van der Waals surface area (Å²) in [6.45, 7) is 0.325. The zero-order valence-corrected chi connectivity index (χ0v) is 12.8. The van der Waals surface area contributed by atoms with Crippen molar-refractivity contribution < 1.29 is 27.9 Å². The Labute approximate surface area is 135 Å². The fraction of sp³-hybridized carbons (Fsp3) is 0.375. The van der Waals surface area contributed by atoms with Crippen LogP contribution in [0.5, 0.6) is 0 Å². The normalized spacial score (nSPS) is 18.3. The van der Waals surface area contributed by atoms with Gasteiger partial charge in [0.25, 0.3) is 5.91 Å². The van der Waals surface area contributed by atoms with Crippen LogP contribution in [0.3, 0.4) is 0 Å². The third kappa shape index (κ3) is 2.61. The molecule has 1 aliphatic rings. The molecule has 1 atom stereocenters. The van der Waals surface area contributed by atoms with E-state index in [1.165, 1.54) is 21.6 Å². The standard InChI is InChI=1S/C16H15F3N2O3/c1-20-11-5-4-10(16(17,18)19)7-9(11)8-13(20)14(22)21-6-2-3-12(21)15(23)24/h4-5,7-8,12H,2-3,6H2,1H3,(H,23,24). The molecule has 8 heteroatoms. The maximum atomic E-state index is 12.8. The maximum absolute atomic E-state index is 12.8. The molecule has 0 aliphatic carbocycles. The molecule has 1 fully saturated rings. The predicted molar refractivity (Wildman–Crippen MR) is 79.6 cm³/mol. The lowest BCUT2D eigenvalue weighted by Gasteiger charge is -2.21. The Hall–Kier alpha value is -2.51. The maximum Gasteiger partial charge on any atom is 0.416 e. The minimum atomic E-state index is -4.46. The second-order valence-electron chi connectivity index (χ2n) is 5.85. The fourth-order valence-electron chi connectivity index (χ4n) is 3.14. The number of carboxylic acid groups (broad SMARTS) is 1. The van der Waals surface area contributed by atoms with Crippen molar-refractivity contribution in [3.05, 3.63) is 35.5 Å². The zero-order chi connectivity index (χ0) is 17.6. The lowest BCUT2D eigenvalue weighted by atomic mass is 10.1. The van der Waals surface area contributed by atoms with Crippen LogP contribution < -0.4 is 0 Å². The molecule has 128 valence electrons. The van der Waals surface area contributed by atoms with Gasteiger partial charge in [0, 0.05) is 24.5 Å². The summed E-state index contributed by atoms with van der Waals surface area (Å²) in [5, 5.41) is 9.48. The molecular weight excluding hydrogens is 325 g/mol. The summed E-state index contributed by atoms with van der Waals surface area (Å²) in [5.74, 6) is -1.55. The highest BCUT2D eigenvalue weighted by molar-refractivity contribution is 6.00. The molecule has 1 saturated heterocycles. The Balaban J connectivity index is 2.02. The van der Waals surface area contributed by atoms with Crippen molar-refractivity contribution in [2.45, 2.75) is 25.1 Å². The van der Waals surface area contributed by atoms with E-state index in [2.05, 4.69) is 0 Å². The van der Waals surface area contributed by atoms with E-state index in [1.807, 2.05) is 0 Å². The largest absolute Gasteiger partial charge is 0.480 e. The number of rotatable bonds is 2. The summed E-state index contributed by atoms with van der Waals surface area (Å²) in [6, 6.07) is 3.76. The Morgan fingerprint density at radius 3 is 2.58 bits per heavy atom. The Bertz CT molecular complexity index is 826. The van der Waals surface area contributed by atoms with Crippen LogP contribution in [0.15, 0.2) is 24.3 Å². The van der Waals surface area contributed by atoms with E-state index in [1.54, 1.807) is 7.05 Å². The van der Waals surface area contributed by atoms with Crippen LogP contribution in [-0.2, 0) is 18.0 Å². The fourth-order valence-corrected chi connectivity index (χ4v) is 3.14.